The number of thiophene rings is 1. The number of ether oxygens (including phenoxy) is 1. The first kappa shape index (κ1) is 12.5. The fourth-order valence-corrected chi connectivity index (χ4v) is 2.97. The van der Waals surface area contributed by atoms with Crippen molar-refractivity contribution in [1.82, 2.24) is 15.2 Å². The van der Waals surface area contributed by atoms with Crippen LogP contribution < -0.4 is 5.32 Å². The minimum absolute atomic E-state index is 0.0629. The number of pyridine rings is 1. The van der Waals surface area contributed by atoms with Crippen LogP contribution in [0.5, 0.6) is 0 Å². The maximum absolute atomic E-state index is 12.2. The number of carbonyl (C=O) groups excluding carboxylic acids is 1. The highest BCUT2D eigenvalue weighted by Gasteiger charge is 2.14. The van der Waals surface area contributed by atoms with Crippen molar-refractivity contribution >= 4 is 27.3 Å². The van der Waals surface area contributed by atoms with E-state index in [1.807, 2.05) is 11.4 Å². The SMILES string of the molecule is O=C(NCN1CCOCC1)c1cncc2ccsc12. The van der Waals surface area contributed by atoms with Gasteiger partial charge in [-0.15, -0.1) is 11.3 Å². The number of aromatic nitrogens is 1. The van der Waals surface area contributed by atoms with E-state index in [1.54, 1.807) is 23.7 Å². The maximum atomic E-state index is 12.2. The minimum Gasteiger partial charge on any atom is -0.379 e. The van der Waals surface area contributed by atoms with Crippen molar-refractivity contribution < 1.29 is 9.53 Å². The fourth-order valence-electron chi connectivity index (χ4n) is 2.09. The van der Waals surface area contributed by atoms with Gasteiger partial charge in [-0.3, -0.25) is 14.7 Å². The first-order valence-electron chi connectivity index (χ1n) is 6.24. The highest BCUT2D eigenvalue weighted by atomic mass is 32.1. The number of fused-ring (bicyclic) bond motifs is 1. The van der Waals surface area contributed by atoms with Crippen LogP contribution in [0.25, 0.3) is 10.1 Å². The molecule has 0 radical (unpaired) electrons. The molecule has 1 N–H and O–H groups in total. The Balaban J connectivity index is 1.68. The molecule has 1 fully saturated rings. The summed E-state index contributed by atoms with van der Waals surface area (Å²) in [6.45, 7) is 3.75. The van der Waals surface area contributed by atoms with Crippen molar-refractivity contribution in [2.24, 2.45) is 0 Å². The molecule has 0 bridgehead atoms. The van der Waals surface area contributed by atoms with Gasteiger partial charge in [-0.1, -0.05) is 0 Å². The zero-order valence-electron chi connectivity index (χ0n) is 10.5. The molecule has 3 rings (SSSR count). The second-order valence-corrected chi connectivity index (χ2v) is 5.34. The topological polar surface area (TPSA) is 54.5 Å². The van der Waals surface area contributed by atoms with Crippen molar-refractivity contribution in [3.63, 3.8) is 0 Å². The first-order valence-corrected chi connectivity index (χ1v) is 7.12. The van der Waals surface area contributed by atoms with E-state index in [-0.39, 0.29) is 5.91 Å². The minimum atomic E-state index is -0.0629. The van der Waals surface area contributed by atoms with Gasteiger partial charge in [0.15, 0.2) is 0 Å². The molecule has 19 heavy (non-hydrogen) atoms. The normalized spacial score (nSPS) is 16.6. The van der Waals surface area contributed by atoms with Gasteiger partial charge in [-0.25, -0.2) is 0 Å². The largest absolute Gasteiger partial charge is 0.379 e. The summed E-state index contributed by atoms with van der Waals surface area (Å²) in [5, 5.41) is 5.94. The number of morpholine rings is 1. The maximum Gasteiger partial charge on any atom is 0.255 e. The Morgan fingerprint density at radius 3 is 3.11 bits per heavy atom. The Morgan fingerprint density at radius 2 is 2.26 bits per heavy atom. The summed E-state index contributed by atoms with van der Waals surface area (Å²) in [5.74, 6) is -0.0629. The lowest BCUT2D eigenvalue weighted by Crippen LogP contribution is -2.43. The number of hydrogen-bond acceptors (Lipinski definition) is 5. The Bertz CT molecular complexity index is 578. The van der Waals surface area contributed by atoms with E-state index in [0.717, 1.165) is 36.4 Å². The second-order valence-electron chi connectivity index (χ2n) is 4.42. The van der Waals surface area contributed by atoms with Gasteiger partial charge in [0.1, 0.15) is 0 Å². The second kappa shape index (κ2) is 5.64. The van der Waals surface area contributed by atoms with Gasteiger partial charge in [-0.05, 0) is 11.4 Å². The third-order valence-electron chi connectivity index (χ3n) is 3.17. The molecule has 0 unspecified atom stereocenters. The first-order chi connectivity index (χ1) is 9.34. The summed E-state index contributed by atoms with van der Waals surface area (Å²) in [6, 6.07) is 1.98. The average molecular weight is 277 g/mol. The number of rotatable bonds is 3. The van der Waals surface area contributed by atoms with Gasteiger partial charge in [0.25, 0.3) is 5.91 Å². The predicted molar refractivity (Wildman–Crippen MR) is 74.3 cm³/mol. The molecule has 5 nitrogen and oxygen atoms in total. The van der Waals surface area contributed by atoms with E-state index < -0.39 is 0 Å². The Morgan fingerprint density at radius 1 is 1.42 bits per heavy atom. The monoisotopic (exact) mass is 277 g/mol. The van der Waals surface area contributed by atoms with Crippen LogP contribution in [0.15, 0.2) is 23.8 Å². The van der Waals surface area contributed by atoms with E-state index in [9.17, 15) is 4.79 Å². The molecule has 0 aromatic carbocycles. The van der Waals surface area contributed by atoms with Crippen LogP contribution in [0.3, 0.4) is 0 Å². The van der Waals surface area contributed by atoms with Crippen LogP contribution in [-0.4, -0.2) is 48.8 Å². The zero-order chi connectivity index (χ0) is 13.1. The molecular formula is C13H15N3O2S. The lowest BCUT2D eigenvalue weighted by molar-refractivity contribution is 0.0334. The molecule has 3 heterocycles. The molecule has 0 saturated carbocycles. The third-order valence-corrected chi connectivity index (χ3v) is 4.13. The van der Waals surface area contributed by atoms with Gasteiger partial charge in [0, 0.05) is 30.9 Å². The molecule has 0 spiro atoms. The Hall–Kier alpha value is -1.50. The molecule has 100 valence electrons. The Kier molecular flexibility index (Phi) is 3.72. The molecule has 1 aliphatic rings. The molecule has 1 aliphatic heterocycles. The summed E-state index contributed by atoms with van der Waals surface area (Å²) in [4.78, 5) is 18.5. The van der Waals surface area contributed by atoms with E-state index in [4.69, 9.17) is 4.74 Å². The summed E-state index contributed by atoms with van der Waals surface area (Å²) < 4.78 is 6.27. The van der Waals surface area contributed by atoms with Gasteiger partial charge >= 0.3 is 0 Å². The number of hydrogen-bond donors (Lipinski definition) is 1. The van der Waals surface area contributed by atoms with Crippen molar-refractivity contribution in [3.8, 4) is 0 Å². The van der Waals surface area contributed by atoms with Crippen LogP contribution in [0.4, 0.5) is 0 Å². The average Bonchev–Trinajstić information content (AvgIpc) is 2.94. The Labute approximate surface area is 115 Å². The quantitative estimate of drug-likeness (QED) is 0.919. The van der Waals surface area contributed by atoms with Crippen molar-refractivity contribution in [1.29, 1.82) is 0 Å². The summed E-state index contributed by atoms with van der Waals surface area (Å²) in [6.07, 6.45) is 3.41. The van der Waals surface area contributed by atoms with Crippen molar-refractivity contribution in [2.75, 3.05) is 33.0 Å². The zero-order valence-corrected chi connectivity index (χ0v) is 11.3. The van der Waals surface area contributed by atoms with Crippen molar-refractivity contribution in [2.45, 2.75) is 0 Å². The van der Waals surface area contributed by atoms with E-state index >= 15 is 0 Å². The molecule has 2 aromatic rings. The highest BCUT2D eigenvalue weighted by Crippen LogP contribution is 2.23. The van der Waals surface area contributed by atoms with Gasteiger partial charge in [-0.2, -0.15) is 0 Å². The smallest absolute Gasteiger partial charge is 0.255 e. The standard InChI is InChI=1S/C13H15N3O2S/c17-13(15-9-16-2-4-18-5-3-16)11-8-14-7-10-1-6-19-12(10)11/h1,6-8H,2-5,9H2,(H,15,17). The van der Waals surface area contributed by atoms with Crippen molar-refractivity contribution in [3.05, 3.63) is 29.4 Å². The molecule has 1 amide bonds. The van der Waals surface area contributed by atoms with Crippen LogP contribution in [-0.2, 0) is 4.74 Å². The van der Waals surface area contributed by atoms with Crippen LogP contribution in [0.1, 0.15) is 10.4 Å². The predicted octanol–water partition coefficient (Wildman–Crippen LogP) is 1.32. The lowest BCUT2D eigenvalue weighted by atomic mass is 10.2. The van der Waals surface area contributed by atoms with Crippen LogP contribution in [0.2, 0.25) is 0 Å². The van der Waals surface area contributed by atoms with E-state index in [1.165, 1.54) is 0 Å². The van der Waals surface area contributed by atoms with Gasteiger partial charge < -0.3 is 10.1 Å². The molecule has 2 aromatic heterocycles. The number of amides is 1. The summed E-state index contributed by atoms with van der Waals surface area (Å²) >= 11 is 1.57. The van der Waals surface area contributed by atoms with Crippen LogP contribution >= 0.6 is 11.3 Å². The summed E-state index contributed by atoms with van der Waals surface area (Å²) in [5.41, 5.74) is 0.653. The number of nitrogens with one attached hydrogen (secondary N) is 1. The number of carbonyl (C=O) groups is 1. The van der Waals surface area contributed by atoms with E-state index in [0.29, 0.717) is 12.2 Å². The molecule has 1 saturated heterocycles. The molecule has 6 heteroatoms. The van der Waals surface area contributed by atoms with Gasteiger partial charge in [0.05, 0.1) is 30.1 Å². The van der Waals surface area contributed by atoms with Gasteiger partial charge in [0.2, 0.25) is 0 Å². The molecular weight excluding hydrogens is 262 g/mol. The molecule has 0 atom stereocenters. The fraction of sp³-hybridized carbons (Fsp3) is 0.385. The third kappa shape index (κ3) is 2.75. The summed E-state index contributed by atoms with van der Waals surface area (Å²) in [7, 11) is 0. The van der Waals surface area contributed by atoms with Crippen LogP contribution in [0, 0.1) is 0 Å². The molecule has 0 aliphatic carbocycles. The van der Waals surface area contributed by atoms with E-state index in [2.05, 4.69) is 15.2 Å². The highest BCUT2D eigenvalue weighted by molar-refractivity contribution is 7.17. The number of nitrogens with zero attached hydrogens (tertiary/aromatic N) is 2. The lowest BCUT2D eigenvalue weighted by Gasteiger charge is -2.26.